The van der Waals surface area contributed by atoms with Gasteiger partial charge in [-0.05, 0) is 19.3 Å². The van der Waals surface area contributed by atoms with Crippen LogP contribution >= 0.6 is 0 Å². The van der Waals surface area contributed by atoms with Gasteiger partial charge in [0.25, 0.3) is 5.91 Å². The van der Waals surface area contributed by atoms with Crippen LogP contribution in [-0.4, -0.2) is 40.0 Å². The lowest BCUT2D eigenvalue weighted by Gasteiger charge is -2.10. The molecule has 1 saturated carbocycles. The smallest absolute Gasteiger partial charge is 0.325 e. The van der Waals surface area contributed by atoms with Gasteiger partial charge in [-0.1, -0.05) is 0 Å². The SMILES string of the molecule is O=C(O)CC[C@@H]1NC(=O)N(C2CC2)C1=O. The van der Waals surface area contributed by atoms with Crippen LogP contribution in [0.5, 0.6) is 0 Å². The number of aliphatic carboxylic acids is 1. The molecule has 15 heavy (non-hydrogen) atoms. The Bertz CT molecular complexity index is 324. The van der Waals surface area contributed by atoms with Gasteiger partial charge in [0.2, 0.25) is 0 Å². The van der Waals surface area contributed by atoms with Crippen molar-refractivity contribution in [1.29, 1.82) is 0 Å². The summed E-state index contributed by atoms with van der Waals surface area (Å²) in [5, 5.41) is 11.0. The molecule has 0 radical (unpaired) electrons. The second-order valence-electron chi connectivity index (χ2n) is 3.87. The van der Waals surface area contributed by atoms with Crippen molar-refractivity contribution in [2.24, 2.45) is 0 Å². The van der Waals surface area contributed by atoms with Gasteiger partial charge >= 0.3 is 12.0 Å². The lowest BCUT2D eigenvalue weighted by molar-refractivity contribution is -0.137. The molecule has 2 rings (SSSR count). The number of carboxylic acid groups (broad SMARTS) is 1. The molecule has 1 heterocycles. The zero-order chi connectivity index (χ0) is 11.0. The van der Waals surface area contributed by atoms with Crippen molar-refractivity contribution >= 4 is 17.9 Å². The maximum atomic E-state index is 11.7. The number of carbonyl (C=O) groups excluding carboxylic acids is 2. The molecule has 6 nitrogen and oxygen atoms in total. The maximum absolute atomic E-state index is 11.7. The molecule has 2 aliphatic rings. The summed E-state index contributed by atoms with van der Waals surface area (Å²) in [6.07, 6.45) is 1.80. The largest absolute Gasteiger partial charge is 0.481 e. The number of hydrogen-bond acceptors (Lipinski definition) is 3. The first kappa shape index (κ1) is 9.95. The van der Waals surface area contributed by atoms with Crippen LogP contribution in [0.4, 0.5) is 4.79 Å². The molecule has 3 amide bonds. The number of amides is 3. The lowest BCUT2D eigenvalue weighted by atomic mass is 10.1. The zero-order valence-corrected chi connectivity index (χ0v) is 8.10. The maximum Gasteiger partial charge on any atom is 0.325 e. The van der Waals surface area contributed by atoms with Crippen LogP contribution in [0.3, 0.4) is 0 Å². The highest BCUT2D eigenvalue weighted by atomic mass is 16.4. The Morgan fingerprint density at radius 2 is 2.13 bits per heavy atom. The van der Waals surface area contributed by atoms with Crippen LogP contribution in [0.25, 0.3) is 0 Å². The van der Waals surface area contributed by atoms with E-state index in [1.165, 1.54) is 4.90 Å². The molecule has 2 N–H and O–H groups in total. The molecule has 0 aromatic heterocycles. The van der Waals surface area contributed by atoms with Gasteiger partial charge in [0.15, 0.2) is 0 Å². The van der Waals surface area contributed by atoms with Crippen LogP contribution < -0.4 is 5.32 Å². The van der Waals surface area contributed by atoms with E-state index in [1.54, 1.807) is 0 Å². The minimum atomic E-state index is -0.957. The van der Waals surface area contributed by atoms with E-state index in [4.69, 9.17) is 5.11 Å². The van der Waals surface area contributed by atoms with E-state index in [1.807, 2.05) is 0 Å². The first-order valence-corrected chi connectivity index (χ1v) is 4.95. The van der Waals surface area contributed by atoms with Crippen LogP contribution in [0, 0.1) is 0 Å². The third-order valence-corrected chi connectivity index (χ3v) is 2.61. The van der Waals surface area contributed by atoms with Gasteiger partial charge in [0.1, 0.15) is 6.04 Å². The van der Waals surface area contributed by atoms with Gasteiger partial charge in [-0.15, -0.1) is 0 Å². The molecule has 6 heteroatoms. The van der Waals surface area contributed by atoms with Gasteiger partial charge in [0.05, 0.1) is 0 Å². The summed E-state index contributed by atoms with van der Waals surface area (Å²) in [5.74, 6) is -1.23. The Balaban J connectivity index is 1.95. The second-order valence-corrected chi connectivity index (χ2v) is 3.87. The number of nitrogens with zero attached hydrogens (tertiary/aromatic N) is 1. The van der Waals surface area contributed by atoms with Gasteiger partial charge in [-0.3, -0.25) is 14.5 Å². The van der Waals surface area contributed by atoms with Crippen molar-refractivity contribution in [2.45, 2.75) is 37.8 Å². The average Bonchev–Trinajstić information content (AvgIpc) is 2.92. The fourth-order valence-electron chi connectivity index (χ4n) is 1.69. The summed E-state index contributed by atoms with van der Waals surface area (Å²) in [5.41, 5.74) is 0. The van der Waals surface area contributed by atoms with E-state index in [-0.39, 0.29) is 30.8 Å². The first-order chi connectivity index (χ1) is 7.09. The third kappa shape index (κ3) is 1.93. The standard InChI is InChI=1S/C9H12N2O4/c12-7(13)4-3-6-8(14)11(5-1-2-5)9(15)10-6/h5-6H,1-4H2,(H,10,15)(H,12,13)/t6-/m0/s1. The molecule has 1 atom stereocenters. The van der Waals surface area contributed by atoms with Crippen LogP contribution in [0.1, 0.15) is 25.7 Å². The van der Waals surface area contributed by atoms with E-state index in [2.05, 4.69) is 5.32 Å². The molecule has 0 aromatic rings. The second kappa shape index (κ2) is 3.52. The van der Waals surface area contributed by atoms with Crippen molar-refractivity contribution in [1.82, 2.24) is 10.2 Å². The molecule has 1 saturated heterocycles. The molecule has 1 aliphatic heterocycles. The number of hydrogen-bond donors (Lipinski definition) is 2. The van der Waals surface area contributed by atoms with E-state index in [0.717, 1.165) is 12.8 Å². The summed E-state index contributed by atoms with van der Waals surface area (Å²) >= 11 is 0. The predicted molar refractivity (Wildman–Crippen MR) is 49.1 cm³/mol. The lowest BCUT2D eigenvalue weighted by Crippen LogP contribution is -2.33. The van der Waals surface area contributed by atoms with Gasteiger partial charge in [0, 0.05) is 12.5 Å². The Kier molecular flexibility index (Phi) is 2.34. The summed E-state index contributed by atoms with van der Waals surface area (Å²) in [6.45, 7) is 0. The highest BCUT2D eigenvalue weighted by Gasteiger charge is 2.45. The monoisotopic (exact) mass is 212 g/mol. The molecule has 0 aromatic carbocycles. The summed E-state index contributed by atoms with van der Waals surface area (Å²) < 4.78 is 0. The van der Waals surface area contributed by atoms with Gasteiger partial charge in [-0.2, -0.15) is 0 Å². The van der Waals surface area contributed by atoms with Crippen molar-refractivity contribution in [3.8, 4) is 0 Å². The molecule has 0 spiro atoms. The van der Waals surface area contributed by atoms with E-state index < -0.39 is 12.0 Å². The van der Waals surface area contributed by atoms with Crippen LogP contribution in [-0.2, 0) is 9.59 Å². The van der Waals surface area contributed by atoms with E-state index >= 15 is 0 Å². The van der Waals surface area contributed by atoms with Crippen molar-refractivity contribution in [2.75, 3.05) is 0 Å². The minimum absolute atomic E-state index is 0.0485. The molecule has 0 bridgehead atoms. The van der Waals surface area contributed by atoms with Crippen molar-refractivity contribution in [3.05, 3.63) is 0 Å². The molecular weight excluding hydrogens is 200 g/mol. The van der Waals surface area contributed by atoms with Crippen molar-refractivity contribution < 1.29 is 19.5 Å². The molecule has 2 fully saturated rings. The van der Waals surface area contributed by atoms with Crippen molar-refractivity contribution in [3.63, 3.8) is 0 Å². The first-order valence-electron chi connectivity index (χ1n) is 4.95. The van der Waals surface area contributed by atoms with Crippen LogP contribution in [0.15, 0.2) is 0 Å². The minimum Gasteiger partial charge on any atom is -0.481 e. The summed E-state index contributed by atoms with van der Waals surface area (Å²) in [7, 11) is 0. The number of rotatable bonds is 4. The normalized spacial score (nSPS) is 25.6. The quantitative estimate of drug-likeness (QED) is 0.639. The highest BCUT2D eigenvalue weighted by molar-refractivity contribution is 6.04. The zero-order valence-electron chi connectivity index (χ0n) is 8.10. The van der Waals surface area contributed by atoms with Crippen LogP contribution in [0.2, 0.25) is 0 Å². The molecule has 1 aliphatic carbocycles. The molecule has 82 valence electrons. The summed E-state index contributed by atoms with van der Waals surface area (Å²) in [4.78, 5) is 34.6. The third-order valence-electron chi connectivity index (χ3n) is 2.61. The Morgan fingerprint density at radius 3 is 2.67 bits per heavy atom. The number of carboxylic acids is 1. The average molecular weight is 212 g/mol. The number of carbonyl (C=O) groups is 3. The van der Waals surface area contributed by atoms with E-state index in [9.17, 15) is 14.4 Å². The number of urea groups is 1. The number of nitrogens with one attached hydrogen (secondary N) is 1. The van der Waals surface area contributed by atoms with Gasteiger partial charge in [-0.25, -0.2) is 4.79 Å². The fourth-order valence-corrected chi connectivity index (χ4v) is 1.69. The summed E-state index contributed by atoms with van der Waals surface area (Å²) in [6, 6.07) is -0.973. The fraction of sp³-hybridized carbons (Fsp3) is 0.667. The van der Waals surface area contributed by atoms with E-state index in [0.29, 0.717) is 0 Å². The highest BCUT2D eigenvalue weighted by Crippen LogP contribution is 2.30. The topological polar surface area (TPSA) is 86.7 Å². The Labute approximate surface area is 86.2 Å². The molecular formula is C9H12N2O4. The number of imide groups is 1. The molecule has 0 unspecified atom stereocenters. The predicted octanol–water partition coefficient (Wildman–Crippen LogP) is -0.0660. The van der Waals surface area contributed by atoms with Gasteiger partial charge < -0.3 is 10.4 Å². The Hall–Kier alpha value is -1.59. The Morgan fingerprint density at radius 1 is 1.47 bits per heavy atom.